The number of piperidine rings is 1. The summed E-state index contributed by atoms with van der Waals surface area (Å²) in [5, 5.41) is 0. The van der Waals surface area contributed by atoms with Crippen LogP contribution in [-0.2, 0) is 4.74 Å². The van der Waals surface area contributed by atoms with Gasteiger partial charge in [-0.1, -0.05) is 0 Å². The zero-order valence-electron chi connectivity index (χ0n) is 10.4. The normalized spacial score (nSPS) is 34.0. The van der Waals surface area contributed by atoms with E-state index in [0.29, 0.717) is 17.9 Å². The first-order valence-corrected chi connectivity index (χ1v) is 6.10. The number of nitrogens with two attached hydrogens (primary N) is 1. The molecule has 1 amide bonds. The topological polar surface area (TPSA) is 55.6 Å². The Kier molecular flexibility index (Phi) is 2.86. The second-order valence-electron chi connectivity index (χ2n) is 6.06. The van der Waals surface area contributed by atoms with Gasteiger partial charge in [-0.2, -0.15) is 0 Å². The van der Waals surface area contributed by atoms with Gasteiger partial charge >= 0.3 is 6.09 Å². The molecule has 1 heterocycles. The Hall–Kier alpha value is -0.770. The van der Waals surface area contributed by atoms with Crippen molar-refractivity contribution in [2.24, 2.45) is 17.6 Å². The smallest absolute Gasteiger partial charge is 0.410 e. The highest BCUT2D eigenvalue weighted by Gasteiger charge is 2.42. The Labute approximate surface area is 97.1 Å². The molecule has 1 aliphatic carbocycles. The highest BCUT2D eigenvalue weighted by atomic mass is 16.6. The Bertz CT molecular complexity index is 271. The van der Waals surface area contributed by atoms with Gasteiger partial charge in [-0.15, -0.1) is 0 Å². The van der Waals surface area contributed by atoms with Crippen LogP contribution >= 0.6 is 0 Å². The molecule has 4 nitrogen and oxygen atoms in total. The average molecular weight is 226 g/mol. The van der Waals surface area contributed by atoms with Gasteiger partial charge in [0.1, 0.15) is 5.60 Å². The fourth-order valence-electron chi connectivity index (χ4n) is 2.74. The molecule has 1 saturated heterocycles. The number of nitrogens with zero attached hydrogens (tertiary/aromatic N) is 1. The van der Waals surface area contributed by atoms with Crippen molar-refractivity contribution in [1.29, 1.82) is 0 Å². The minimum Gasteiger partial charge on any atom is -0.444 e. The molecule has 2 fully saturated rings. The molecule has 2 atom stereocenters. The molecule has 0 aromatic heterocycles. The van der Waals surface area contributed by atoms with E-state index in [1.165, 1.54) is 0 Å². The van der Waals surface area contributed by atoms with Crippen LogP contribution in [0.3, 0.4) is 0 Å². The molecular weight excluding hydrogens is 204 g/mol. The minimum absolute atomic E-state index is 0.184. The first kappa shape index (κ1) is 11.7. The lowest BCUT2D eigenvalue weighted by Crippen LogP contribution is -2.51. The third-order valence-electron chi connectivity index (χ3n) is 3.56. The van der Waals surface area contributed by atoms with Crippen LogP contribution in [0.2, 0.25) is 0 Å². The van der Waals surface area contributed by atoms with Crippen LogP contribution in [0.25, 0.3) is 0 Å². The molecule has 0 aromatic rings. The molecule has 2 N–H and O–H groups in total. The van der Waals surface area contributed by atoms with Crippen LogP contribution in [0.1, 0.15) is 33.6 Å². The van der Waals surface area contributed by atoms with E-state index >= 15 is 0 Å². The molecule has 0 unspecified atom stereocenters. The Morgan fingerprint density at radius 3 is 2.19 bits per heavy atom. The summed E-state index contributed by atoms with van der Waals surface area (Å²) in [7, 11) is 0. The van der Waals surface area contributed by atoms with Crippen LogP contribution < -0.4 is 5.73 Å². The Balaban J connectivity index is 1.95. The molecule has 0 spiro atoms. The monoisotopic (exact) mass is 226 g/mol. The van der Waals surface area contributed by atoms with Crippen LogP contribution in [0, 0.1) is 11.8 Å². The van der Waals surface area contributed by atoms with Crippen molar-refractivity contribution < 1.29 is 9.53 Å². The van der Waals surface area contributed by atoms with Gasteiger partial charge in [0.15, 0.2) is 0 Å². The average Bonchev–Trinajstić information content (AvgIpc) is 2.38. The third-order valence-corrected chi connectivity index (χ3v) is 3.56. The summed E-state index contributed by atoms with van der Waals surface area (Å²) in [4.78, 5) is 13.7. The van der Waals surface area contributed by atoms with Gasteiger partial charge in [0, 0.05) is 19.1 Å². The summed E-state index contributed by atoms with van der Waals surface area (Å²) in [6.45, 7) is 7.23. The summed E-state index contributed by atoms with van der Waals surface area (Å²) in [6, 6.07) is 0.290. The second-order valence-corrected chi connectivity index (χ2v) is 6.06. The van der Waals surface area contributed by atoms with Gasteiger partial charge in [-0.05, 0) is 45.4 Å². The van der Waals surface area contributed by atoms with Crippen molar-refractivity contribution in [3.8, 4) is 0 Å². The van der Waals surface area contributed by atoms with Crippen molar-refractivity contribution in [1.82, 2.24) is 4.90 Å². The van der Waals surface area contributed by atoms with Crippen LogP contribution in [0.15, 0.2) is 0 Å². The molecule has 0 aromatic carbocycles. The SMILES string of the molecule is CC(C)(C)OC(=O)N1C[C@H]2CC[C@H](C1)C2N. The lowest BCUT2D eigenvalue weighted by Gasteiger charge is -2.36. The Morgan fingerprint density at radius 2 is 1.75 bits per heavy atom. The van der Waals surface area contributed by atoms with E-state index in [1.54, 1.807) is 0 Å². The summed E-state index contributed by atoms with van der Waals surface area (Å²) >= 11 is 0. The maximum absolute atomic E-state index is 11.9. The van der Waals surface area contributed by atoms with Gasteiger partial charge in [0.2, 0.25) is 0 Å². The lowest BCUT2D eigenvalue weighted by atomic mass is 9.93. The van der Waals surface area contributed by atoms with Gasteiger partial charge in [-0.3, -0.25) is 0 Å². The molecule has 16 heavy (non-hydrogen) atoms. The first-order chi connectivity index (χ1) is 7.37. The minimum atomic E-state index is -0.407. The van der Waals surface area contributed by atoms with Crippen molar-refractivity contribution in [3.63, 3.8) is 0 Å². The zero-order chi connectivity index (χ0) is 11.9. The van der Waals surface area contributed by atoms with Crippen molar-refractivity contribution in [3.05, 3.63) is 0 Å². The predicted octanol–water partition coefficient (Wildman–Crippen LogP) is 1.59. The first-order valence-electron chi connectivity index (χ1n) is 6.10. The number of hydrogen-bond acceptors (Lipinski definition) is 3. The molecule has 2 bridgehead atoms. The van der Waals surface area contributed by atoms with E-state index in [0.717, 1.165) is 25.9 Å². The summed E-state index contributed by atoms with van der Waals surface area (Å²) in [6.07, 6.45) is 2.13. The number of carbonyl (C=O) groups is 1. The quantitative estimate of drug-likeness (QED) is 0.682. The standard InChI is InChI=1S/C12H22N2O2/c1-12(2,3)16-11(15)14-6-8-4-5-9(7-14)10(8)13/h8-10H,4-7,13H2,1-3H3/t8-,9-/m1/s1. The number of fused-ring (bicyclic) bond motifs is 2. The maximum atomic E-state index is 11.9. The fourth-order valence-corrected chi connectivity index (χ4v) is 2.74. The van der Waals surface area contributed by atoms with Crippen LogP contribution in [0.5, 0.6) is 0 Å². The number of rotatable bonds is 0. The van der Waals surface area contributed by atoms with Gasteiger partial charge in [0.05, 0.1) is 0 Å². The highest BCUT2D eigenvalue weighted by Crippen LogP contribution is 2.35. The van der Waals surface area contributed by atoms with Crippen molar-refractivity contribution in [2.45, 2.75) is 45.3 Å². The highest BCUT2D eigenvalue weighted by molar-refractivity contribution is 5.68. The van der Waals surface area contributed by atoms with E-state index in [-0.39, 0.29) is 6.09 Å². The second kappa shape index (κ2) is 3.91. The third kappa shape index (κ3) is 2.32. The summed E-state index contributed by atoms with van der Waals surface area (Å²) in [5.41, 5.74) is 5.69. The molecule has 0 radical (unpaired) electrons. The Morgan fingerprint density at radius 1 is 1.25 bits per heavy atom. The molecule has 1 saturated carbocycles. The fraction of sp³-hybridized carbons (Fsp3) is 0.917. The molecule has 2 aliphatic rings. The van der Waals surface area contributed by atoms with Crippen molar-refractivity contribution in [2.75, 3.05) is 13.1 Å². The van der Waals surface area contributed by atoms with Gasteiger partial charge in [-0.25, -0.2) is 4.79 Å². The molecule has 1 aliphatic heterocycles. The van der Waals surface area contributed by atoms with E-state index in [2.05, 4.69) is 0 Å². The molecule has 2 rings (SSSR count). The summed E-state index contributed by atoms with van der Waals surface area (Å²) < 4.78 is 5.38. The van der Waals surface area contributed by atoms with E-state index < -0.39 is 5.60 Å². The maximum Gasteiger partial charge on any atom is 0.410 e. The zero-order valence-corrected chi connectivity index (χ0v) is 10.4. The van der Waals surface area contributed by atoms with Crippen molar-refractivity contribution >= 4 is 6.09 Å². The number of amides is 1. The van der Waals surface area contributed by atoms with E-state index in [9.17, 15) is 4.79 Å². The molecular formula is C12H22N2O2. The number of hydrogen-bond donors (Lipinski definition) is 1. The molecule has 92 valence electrons. The van der Waals surface area contributed by atoms with Crippen LogP contribution in [0.4, 0.5) is 4.79 Å². The predicted molar refractivity (Wildman–Crippen MR) is 62.0 cm³/mol. The van der Waals surface area contributed by atoms with Gasteiger partial charge in [0.25, 0.3) is 0 Å². The van der Waals surface area contributed by atoms with E-state index in [1.807, 2.05) is 25.7 Å². The number of likely N-dealkylation sites (tertiary alicyclic amines) is 1. The number of carbonyl (C=O) groups excluding carboxylic acids is 1. The summed E-state index contributed by atoms with van der Waals surface area (Å²) in [5.74, 6) is 0.956. The lowest BCUT2D eigenvalue weighted by molar-refractivity contribution is 0.0134. The largest absolute Gasteiger partial charge is 0.444 e. The van der Waals surface area contributed by atoms with E-state index in [4.69, 9.17) is 10.5 Å². The molecule has 4 heteroatoms. The number of ether oxygens (including phenoxy) is 1. The van der Waals surface area contributed by atoms with Gasteiger partial charge < -0.3 is 15.4 Å². The van der Waals surface area contributed by atoms with Crippen LogP contribution in [-0.4, -0.2) is 35.7 Å².